The third-order valence-corrected chi connectivity index (χ3v) is 17.2. The van der Waals surface area contributed by atoms with Crippen molar-refractivity contribution in [3.05, 3.63) is 0 Å². The highest BCUT2D eigenvalue weighted by atomic mass is 32.2. The second-order valence-electron chi connectivity index (χ2n) is 24.5. The molecular weight excluding hydrogens is 1190 g/mol. The van der Waals surface area contributed by atoms with E-state index in [4.69, 9.17) is 25.4 Å². The molecule has 0 aliphatic heterocycles. The molecule has 23 heteroatoms. The van der Waals surface area contributed by atoms with Gasteiger partial charge in [-0.15, -0.1) is 0 Å². The minimum atomic E-state index is -1.73. The average molecular weight is 1310 g/mol. The predicted molar refractivity (Wildman–Crippen MR) is 358 cm³/mol. The van der Waals surface area contributed by atoms with Crippen molar-refractivity contribution in [1.29, 1.82) is 0 Å². The first-order valence-electron chi connectivity index (χ1n) is 35.4. The summed E-state index contributed by atoms with van der Waals surface area (Å²) in [6.45, 7) is 3.06. The van der Waals surface area contributed by atoms with Crippen LogP contribution in [0.3, 0.4) is 0 Å². The molecule has 22 nitrogen and oxygen atoms in total. The number of aliphatic hydroxyl groups is 2. The van der Waals surface area contributed by atoms with Crippen molar-refractivity contribution < 1.29 is 72.7 Å². The molecule has 91 heavy (non-hydrogen) atoms. The van der Waals surface area contributed by atoms with Crippen LogP contribution in [0.1, 0.15) is 297 Å². The molecule has 5 unspecified atom stereocenters. The Morgan fingerprint density at radius 3 is 1.15 bits per heavy atom. The third kappa shape index (κ3) is 53.1. The van der Waals surface area contributed by atoms with E-state index in [2.05, 4.69) is 47.4 Å². The van der Waals surface area contributed by atoms with Gasteiger partial charge in [0.05, 0.1) is 32.7 Å². The zero-order valence-electron chi connectivity index (χ0n) is 56.5. The number of primary amides is 1. The van der Waals surface area contributed by atoms with Gasteiger partial charge in [0.1, 0.15) is 36.9 Å². The van der Waals surface area contributed by atoms with Crippen LogP contribution < -0.4 is 37.6 Å². The van der Waals surface area contributed by atoms with Crippen LogP contribution in [0.4, 0.5) is 0 Å². The number of aliphatic carboxylic acids is 1. The number of carboxylic acids is 1. The Kier molecular flexibility index (Phi) is 57.8. The molecule has 0 heterocycles. The van der Waals surface area contributed by atoms with E-state index in [0.29, 0.717) is 19.3 Å². The summed E-state index contributed by atoms with van der Waals surface area (Å²) < 4.78 is 11.6. The van der Waals surface area contributed by atoms with Gasteiger partial charge in [-0.25, -0.2) is 4.79 Å². The highest BCUT2D eigenvalue weighted by molar-refractivity contribution is 7.99. The predicted octanol–water partition coefficient (Wildman–Crippen LogP) is 9.73. The molecule has 0 aromatic rings. The van der Waals surface area contributed by atoms with Gasteiger partial charge in [0, 0.05) is 30.8 Å². The van der Waals surface area contributed by atoms with Crippen molar-refractivity contribution in [3.63, 3.8) is 0 Å². The number of amides is 7. The SMILES string of the molecule is CCCCCCCCCCCCCCCC(=O)NC(CSCC(COC(=O)CCCCCCCCCCCCCCC)OC(=O)CCCCCCCCCCCCCCC)C(=O)NC(CC(N)=O)C(=O)NC(CO)C(=O)NCC(=O)NCC(=O)NC(CO)C(=O)O. The number of carbonyl (C=O) groups excluding carboxylic acids is 9. The molecule has 0 aromatic heterocycles. The molecule has 5 atom stereocenters. The van der Waals surface area contributed by atoms with Crippen molar-refractivity contribution in [2.24, 2.45) is 5.73 Å². The average Bonchev–Trinajstić information content (AvgIpc) is 2.47. The lowest BCUT2D eigenvalue weighted by Gasteiger charge is -2.25. The van der Waals surface area contributed by atoms with Crippen molar-refractivity contribution in [2.75, 3.05) is 44.4 Å². The number of unbranched alkanes of at least 4 members (excludes halogenated alkanes) is 36. The monoisotopic (exact) mass is 1310 g/mol. The minimum Gasteiger partial charge on any atom is -0.480 e. The third-order valence-electron chi connectivity index (χ3n) is 16.0. The summed E-state index contributed by atoms with van der Waals surface area (Å²) in [5.41, 5.74) is 5.51. The van der Waals surface area contributed by atoms with Gasteiger partial charge in [0.25, 0.3) is 0 Å². The molecule has 0 bridgehead atoms. The number of carbonyl (C=O) groups is 10. The first-order valence-corrected chi connectivity index (χ1v) is 36.6. The van der Waals surface area contributed by atoms with E-state index in [-0.39, 0.29) is 37.4 Å². The quantitative estimate of drug-likeness (QED) is 0.0200. The number of hydrogen-bond acceptors (Lipinski definition) is 15. The van der Waals surface area contributed by atoms with E-state index >= 15 is 0 Å². The van der Waals surface area contributed by atoms with Crippen LogP contribution >= 0.6 is 11.8 Å². The molecule has 0 spiro atoms. The van der Waals surface area contributed by atoms with Crippen LogP contribution in [0.5, 0.6) is 0 Å². The van der Waals surface area contributed by atoms with Crippen LogP contribution in [0, 0.1) is 0 Å². The zero-order chi connectivity index (χ0) is 67.4. The standard InChI is InChI=1S/C68H125N7O15S/c1-4-7-10-13-16-19-22-25-28-31-34-37-40-43-60(79)73-58(67(86)74-55(46-59(69)78)66(85)75-56(49-76)65(84)71-47-61(80)70-48-62(81)72-57(50-77)68(87)88)53-91-52-54(90-64(83)45-42-39-36-33-30-27-24-21-18-15-12-9-6-3)51-89-63(82)44-41-38-35-32-29-26-23-20-17-14-11-8-5-2/h54-58,76-77H,4-53H2,1-3H3,(H2,69,78)(H,70,80)(H,71,84)(H,72,81)(H,73,79)(H,74,86)(H,75,85)(H,87,88). The number of carboxylic acid groups (broad SMARTS) is 1. The summed E-state index contributed by atoms with van der Waals surface area (Å²) in [7, 11) is 0. The number of ether oxygens (including phenoxy) is 2. The number of rotatable bonds is 65. The lowest BCUT2D eigenvalue weighted by atomic mass is 10.0. The van der Waals surface area contributed by atoms with Gasteiger partial charge in [-0.3, -0.25) is 43.2 Å². The highest BCUT2D eigenvalue weighted by Gasteiger charge is 2.32. The fraction of sp³-hybridized carbons (Fsp3) is 0.853. The molecule has 0 saturated heterocycles. The first-order chi connectivity index (χ1) is 44.0. The highest BCUT2D eigenvalue weighted by Crippen LogP contribution is 2.18. The van der Waals surface area contributed by atoms with E-state index in [0.717, 1.165) is 82.4 Å². The lowest BCUT2D eigenvalue weighted by molar-refractivity contribution is -0.157. The fourth-order valence-corrected chi connectivity index (χ4v) is 11.4. The van der Waals surface area contributed by atoms with Gasteiger partial charge >= 0.3 is 17.9 Å². The van der Waals surface area contributed by atoms with E-state index in [1.54, 1.807) is 0 Å². The zero-order valence-corrected chi connectivity index (χ0v) is 57.3. The number of esters is 2. The molecule has 528 valence electrons. The minimum absolute atomic E-state index is 0.0630. The molecule has 0 rings (SSSR count). The summed E-state index contributed by atoms with van der Waals surface area (Å²) in [4.78, 5) is 129. The van der Waals surface area contributed by atoms with Crippen LogP contribution in [0.25, 0.3) is 0 Å². The van der Waals surface area contributed by atoms with E-state index in [1.807, 2.05) is 5.32 Å². The smallest absolute Gasteiger partial charge is 0.328 e. The van der Waals surface area contributed by atoms with Crippen molar-refractivity contribution in [3.8, 4) is 0 Å². The largest absolute Gasteiger partial charge is 0.480 e. The Hall–Kier alpha value is -5.03. The molecular formula is C68H125N7O15S. The number of thioether (sulfide) groups is 1. The van der Waals surface area contributed by atoms with E-state index in [9.17, 15) is 53.1 Å². The van der Waals surface area contributed by atoms with E-state index < -0.39 is 122 Å². The molecule has 0 aliphatic carbocycles. The number of hydrogen-bond donors (Lipinski definition) is 10. The number of nitrogens with one attached hydrogen (secondary N) is 6. The normalized spacial score (nSPS) is 12.8. The Balaban J connectivity index is 6.04. The van der Waals surface area contributed by atoms with Gasteiger partial charge in [0.2, 0.25) is 41.4 Å². The van der Waals surface area contributed by atoms with Gasteiger partial charge in [0.15, 0.2) is 0 Å². The van der Waals surface area contributed by atoms with Crippen molar-refractivity contribution >= 4 is 71.0 Å². The van der Waals surface area contributed by atoms with Crippen LogP contribution in [0.2, 0.25) is 0 Å². The second kappa shape index (κ2) is 61.2. The van der Waals surface area contributed by atoms with Crippen LogP contribution in [0.15, 0.2) is 0 Å². The van der Waals surface area contributed by atoms with Gasteiger partial charge in [-0.05, 0) is 19.3 Å². The molecule has 0 radical (unpaired) electrons. The molecule has 11 N–H and O–H groups in total. The van der Waals surface area contributed by atoms with Gasteiger partial charge in [-0.2, -0.15) is 11.8 Å². The maximum atomic E-state index is 14.2. The molecule has 0 saturated carbocycles. The topological polar surface area (TPSA) is 348 Å². The Morgan fingerprint density at radius 2 is 0.747 bits per heavy atom. The maximum Gasteiger partial charge on any atom is 0.328 e. The fourth-order valence-electron chi connectivity index (χ4n) is 10.4. The summed E-state index contributed by atoms with van der Waals surface area (Å²) in [6.07, 6.45) is 43.3. The summed E-state index contributed by atoms with van der Waals surface area (Å²) in [6, 6.07) is -6.38. The number of aliphatic hydroxyl groups excluding tert-OH is 2. The van der Waals surface area contributed by atoms with Crippen LogP contribution in [-0.4, -0.2) is 149 Å². The molecule has 7 amide bonds. The second-order valence-corrected chi connectivity index (χ2v) is 25.6. The van der Waals surface area contributed by atoms with Crippen molar-refractivity contribution in [2.45, 2.75) is 327 Å². The van der Waals surface area contributed by atoms with Gasteiger partial charge in [-0.1, -0.05) is 252 Å². The summed E-state index contributed by atoms with van der Waals surface area (Å²) in [5, 5.41) is 42.0. The Bertz CT molecular complexity index is 1950. The number of nitrogens with two attached hydrogens (primary N) is 1. The van der Waals surface area contributed by atoms with Gasteiger partial charge < -0.3 is 62.4 Å². The Morgan fingerprint density at radius 1 is 0.385 bits per heavy atom. The summed E-state index contributed by atoms with van der Waals surface area (Å²) in [5.74, 6) is -8.86. The first kappa shape index (κ1) is 86.0. The lowest BCUT2D eigenvalue weighted by Crippen LogP contribution is -2.59. The van der Waals surface area contributed by atoms with Crippen molar-refractivity contribution in [1.82, 2.24) is 31.9 Å². The maximum absolute atomic E-state index is 14.2. The van der Waals surface area contributed by atoms with E-state index in [1.165, 1.54) is 161 Å². The molecule has 0 aliphatic rings. The molecule has 0 aromatic carbocycles. The van der Waals surface area contributed by atoms with Crippen LogP contribution in [-0.2, 0) is 57.4 Å². The molecule has 0 fully saturated rings. The summed E-state index contributed by atoms with van der Waals surface area (Å²) >= 11 is 1.14. The Labute approximate surface area is 550 Å².